The van der Waals surface area contributed by atoms with Crippen LogP contribution >= 0.6 is 0 Å². The maximum Gasteiger partial charge on any atom is 0.265 e. The molecule has 2 aromatic rings. The van der Waals surface area contributed by atoms with Crippen LogP contribution in [0.15, 0.2) is 30.3 Å². The van der Waals surface area contributed by atoms with Gasteiger partial charge < -0.3 is 10.1 Å². The van der Waals surface area contributed by atoms with E-state index in [0.717, 1.165) is 33.7 Å². The Morgan fingerprint density at radius 1 is 1.00 bits per heavy atom. The van der Waals surface area contributed by atoms with E-state index in [9.17, 15) is 4.79 Å². The van der Waals surface area contributed by atoms with Crippen LogP contribution in [-0.2, 0) is 4.79 Å². The van der Waals surface area contributed by atoms with Crippen molar-refractivity contribution in [3.63, 3.8) is 0 Å². The van der Waals surface area contributed by atoms with Crippen LogP contribution in [0.5, 0.6) is 5.75 Å². The zero-order valence-corrected chi connectivity index (χ0v) is 16.4. The molecule has 0 aliphatic heterocycles. The molecule has 0 heterocycles. The van der Waals surface area contributed by atoms with E-state index in [0.29, 0.717) is 5.92 Å². The summed E-state index contributed by atoms with van der Waals surface area (Å²) in [7, 11) is 0. The Kier molecular flexibility index (Phi) is 5.89. The van der Waals surface area contributed by atoms with Crippen molar-refractivity contribution in [1.29, 1.82) is 0 Å². The summed E-state index contributed by atoms with van der Waals surface area (Å²) in [5.74, 6) is 0.983. The van der Waals surface area contributed by atoms with Crippen LogP contribution in [0.2, 0.25) is 0 Å². The molecule has 0 bridgehead atoms. The van der Waals surface area contributed by atoms with Gasteiger partial charge in [0.05, 0.1) is 0 Å². The highest BCUT2D eigenvalue weighted by molar-refractivity contribution is 5.95. The Morgan fingerprint density at radius 3 is 2.32 bits per heavy atom. The summed E-state index contributed by atoms with van der Waals surface area (Å²) < 4.78 is 5.97. The minimum atomic E-state index is -0.570. The smallest absolute Gasteiger partial charge is 0.265 e. The normalized spacial score (nSPS) is 12.2. The lowest BCUT2D eigenvalue weighted by Crippen LogP contribution is -2.31. The molecule has 25 heavy (non-hydrogen) atoms. The number of aryl methyl sites for hydroxylation is 3. The summed E-state index contributed by atoms with van der Waals surface area (Å²) in [6, 6.07) is 10.2. The molecule has 0 aromatic heterocycles. The fourth-order valence-corrected chi connectivity index (χ4v) is 2.93. The number of hydrogen-bond donors (Lipinski definition) is 1. The molecule has 0 fully saturated rings. The van der Waals surface area contributed by atoms with E-state index in [2.05, 4.69) is 38.2 Å². The largest absolute Gasteiger partial charge is 0.481 e. The molecule has 3 heteroatoms. The van der Waals surface area contributed by atoms with Gasteiger partial charge in [0.25, 0.3) is 5.91 Å². The first-order chi connectivity index (χ1) is 11.7. The van der Waals surface area contributed by atoms with Gasteiger partial charge in [-0.15, -0.1) is 0 Å². The third-order valence-electron chi connectivity index (χ3n) is 4.61. The maximum atomic E-state index is 12.7. The molecule has 134 valence electrons. The molecule has 0 saturated carbocycles. The number of anilines is 1. The van der Waals surface area contributed by atoms with Gasteiger partial charge in [0, 0.05) is 5.69 Å². The molecule has 1 N–H and O–H groups in total. The number of carbonyl (C=O) groups is 1. The van der Waals surface area contributed by atoms with Crippen molar-refractivity contribution in [3.8, 4) is 5.75 Å². The van der Waals surface area contributed by atoms with E-state index < -0.39 is 6.10 Å². The zero-order valence-electron chi connectivity index (χ0n) is 16.4. The lowest BCUT2D eigenvalue weighted by atomic mass is 9.98. The van der Waals surface area contributed by atoms with Crippen molar-refractivity contribution >= 4 is 11.6 Å². The highest BCUT2D eigenvalue weighted by Gasteiger charge is 2.19. The lowest BCUT2D eigenvalue weighted by molar-refractivity contribution is -0.122. The van der Waals surface area contributed by atoms with Gasteiger partial charge in [-0.1, -0.05) is 38.1 Å². The number of carbonyl (C=O) groups excluding carboxylic acids is 1. The Hall–Kier alpha value is -2.29. The van der Waals surface area contributed by atoms with Gasteiger partial charge in [-0.25, -0.2) is 0 Å². The van der Waals surface area contributed by atoms with E-state index in [-0.39, 0.29) is 5.91 Å². The van der Waals surface area contributed by atoms with Crippen LogP contribution in [0.1, 0.15) is 54.5 Å². The van der Waals surface area contributed by atoms with Crippen molar-refractivity contribution in [1.82, 2.24) is 0 Å². The number of amides is 1. The van der Waals surface area contributed by atoms with E-state index in [4.69, 9.17) is 4.74 Å². The summed E-state index contributed by atoms with van der Waals surface area (Å²) in [4.78, 5) is 12.7. The minimum Gasteiger partial charge on any atom is -0.481 e. The maximum absolute atomic E-state index is 12.7. The Balaban J connectivity index is 2.20. The summed E-state index contributed by atoms with van der Waals surface area (Å²) in [6.07, 6.45) is -0.570. The molecule has 1 amide bonds. The van der Waals surface area contributed by atoms with Gasteiger partial charge in [0.2, 0.25) is 0 Å². The van der Waals surface area contributed by atoms with Crippen LogP contribution in [0.25, 0.3) is 0 Å². The van der Waals surface area contributed by atoms with Crippen LogP contribution in [0.4, 0.5) is 5.69 Å². The second kappa shape index (κ2) is 7.73. The van der Waals surface area contributed by atoms with Gasteiger partial charge in [0.15, 0.2) is 6.10 Å². The Morgan fingerprint density at radius 2 is 1.68 bits per heavy atom. The number of ether oxygens (including phenoxy) is 1. The van der Waals surface area contributed by atoms with Crippen molar-refractivity contribution in [3.05, 3.63) is 58.1 Å². The number of hydrogen-bond acceptors (Lipinski definition) is 2. The van der Waals surface area contributed by atoms with Crippen LogP contribution in [-0.4, -0.2) is 12.0 Å². The minimum absolute atomic E-state index is 0.130. The average molecular weight is 339 g/mol. The third-order valence-corrected chi connectivity index (χ3v) is 4.61. The Labute approximate surface area is 151 Å². The standard InChI is InChI=1S/C22H29NO2/c1-13(2)19-10-8-9-15(4)21(19)23-22(24)18(7)25-20-12-14(3)11-16(5)17(20)6/h8-13,18H,1-7H3,(H,23,24). The first-order valence-electron chi connectivity index (χ1n) is 8.85. The molecule has 0 radical (unpaired) electrons. The fourth-order valence-electron chi connectivity index (χ4n) is 2.93. The molecule has 3 nitrogen and oxygen atoms in total. The van der Waals surface area contributed by atoms with Crippen molar-refractivity contribution < 1.29 is 9.53 Å². The monoisotopic (exact) mass is 339 g/mol. The fraction of sp³-hybridized carbons (Fsp3) is 0.409. The number of para-hydroxylation sites is 1. The molecule has 0 saturated heterocycles. The van der Waals surface area contributed by atoms with E-state index in [1.165, 1.54) is 5.56 Å². The first-order valence-corrected chi connectivity index (χ1v) is 8.85. The lowest BCUT2D eigenvalue weighted by Gasteiger charge is -2.21. The molecule has 1 unspecified atom stereocenters. The third kappa shape index (κ3) is 4.41. The number of rotatable bonds is 5. The predicted molar refractivity (Wildman–Crippen MR) is 105 cm³/mol. The number of benzene rings is 2. The molecule has 2 rings (SSSR count). The summed E-state index contributed by atoms with van der Waals surface area (Å²) in [6.45, 7) is 14.2. The quantitative estimate of drug-likeness (QED) is 0.786. The van der Waals surface area contributed by atoms with Crippen molar-refractivity contribution in [2.24, 2.45) is 0 Å². The average Bonchev–Trinajstić information content (AvgIpc) is 2.53. The summed E-state index contributed by atoms with van der Waals surface area (Å²) in [5, 5.41) is 3.06. The molecular formula is C22H29NO2. The van der Waals surface area contributed by atoms with Crippen LogP contribution in [0, 0.1) is 27.7 Å². The van der Waals surface area contributed by atoms with Gasteiger partial charge >= 0.3 is 0 Å². The van der Waals surface area contributed by atoms with E-state index in [1.54, 1.807) is 6.92 Å². The Bertz CT molecular complexity index is 778. The highest BCUT2D eigenvalue weighted by atomic mass is 16.5. The van der Waals surface area contributed by atoms with Gasteiger partial charge in [-0.2, -0.15) is 0 Å². The second-order valence-corrected chi connectivity index (χ2v) is 7.15. The van der Waals surface area contributed by atoms with Crippen LogP contribution < -0.4 is 10.1 Å². The van der Waals surface area contributed by atoms with Gasteiger partial charge in [-0.3, -0.25) is 4.79 Å². The molecule has 0 aliphatic carbocycles. The zero-order chi connectivity index (χ0) is 18.7. The number of nitrogens with one attached hydrogen (secondary N) is 1. The first kappa shape index (κ1) is 19.0. The molecular weight excluding hydrogens is 310 g/mol. The van der Waals surface area contributed by atoms with Crippen molar-refractivity contribution in [2.75, 3.05) is 5.32 Å². The van der Waals surface area contributed by atoms with Crippen LogP contribution in [0.3, 0.4) is 0 Å². The summed E-state index contributed by atoms with van der Waals surface area (Å²) >= 11 is 0. The highest BCUT2D eigenvalue weighted by Crippen LogP contribution is 2.28. The molecule has 0 aliphatic rings. The molecule has 0 spiro atoms. The SMILES string of the molecule is Cc1cc(C)c(C)c(OC(C)C(=O)Nc2c(C)cccc2C(C)C)c1. The van der Waals surface area contributed by atoms with E-state index in [1.807, 2.05) is 39.0 Å². The van der Waals surface area contributed by atoms with Gasteiger partial charge in [0.1, 0.15) is 5.75 Å². The predicted octanol–water partition coefficient (Wildman–Crippen LogP) is 5.45. The van der Waals surface area contributed by atoms with E-state index >= 15 is 0 Å². The second-order valence-electron chi connectivity index (χ2n) is 7.15. The van der Waals surface area contributed by atoms with Crippen molar-refractivity contribution in [2.45, 2.75) is 60.5 Å². The van der Waals surface area contributed by atoms with Gasteiger partial charge in [-0.05, 0) is 74.4 Å². The summed E-state index contributed by atoms with van der Waals surface area (Å²) in [5.41, 5.74) is 6.48. The topological polar surface area (TPSA) is 38.3 Å². The molecule has 1 atom stereocenters. The molecule has 2 aromatic carbocycles.